The number of nitrogens with zero attached hydrogens (tertiary/aromatic N) is 1. The summed E-state index contributed by atoms with van der Waals surface area (Å²) in [6, 6.07) is 13.1. The van der Waals surface area contributed by atoms with Crippen LogP contribution in [0.4, 0.5) is 0 Å². The molecule has 0 aliphatic carbocycles. The largest absolute Gasteiger partial charge is 0.497 e. The first-order chi connectivity index (χ1) is 14.6. The van der Waals surface area contributed by atoms with Crippen LogP contribution in [0.2, 0.25) is 0 Å². The highest BCUT2D eigenvalue weighted by atomic mass is 32.1. The molecule has 0 unspecified atom stereocenters. The van der Waals surface area contributed by atoms with Crippen LogP contribution in [0, 0.1) is 6.92 Å². The van der Waals surface area contributed by atoms with Gasteiger partial charge in [-0.05, 0) is 36.8 Å². The maximum absolute atomic E-state index is 12.3. The highest BCUT2D eigenvalue weighted by Crippen LogP contribution is 2.23. The molecule has 0 saturated carbocycles. The van der Waals surface area contributed by atoms with Crippen LogP contribution in [-0.4, -0.2) is 25.1 Å². The summed E-state index contributed by atoms with van der Waals surface area (Å²) in [5, 5.41) is 5.85. The number of aromatic nitrogens is 1. The SMILES string of the molecule is COc1cc(CNC(=O)/C=C/c2ccccc2OCc2csc(C)n2)cc(OC)c1. The standard InChI is InChI=1S/C23H24N2O4S/c1-16-25-19(15-30-16)14-29-22-7-5-4-6-18(22)8-9-23(26)24-13-17-10-20(27-2)12-21(11-17)28-3/h4-12,15H,13-14H2,1-3H3,(H,24,26)/b9-8+. The number of nitrogens with one attached hydrogen (secondary N) is 1. The van der Waals surface area contributed by atoms with Crippen molar-refractivity contribution in [3.8, 4) is 17.2 Å². The van der Waals surface area contributed by atoms with Crippen LogP contribution in [0.5, 0.6) is 17.2 Å². The summed E-state index contributed by atoms with van der Waals surface area (Å²) in [5.41, 5.74) is 2.60. The van der Waals surface area contributed by atoms with Gasteiger partial charge in [-0.2, -0.15) is 0 Å². The number of benzene rings is 2. The van der Waals surface area contributed by atoms with Gasteiger partial charge in [0.15, 0.2) is 0 Å². The first-order valence-corrected chi connectivity index (χ1v) is 10.3. The van der Waals surface area contributed by atoms with Gasteiger partial charge in [-0.1, -0.05) is 18.2 Å². The Balaban J connectivity index is 1.59. The minimum atomic E-state index is -0.207. The number of rotatable bonds is 9. The molecule has 0 spiro atoms. The Labute approximate surface area is 180 Å². The predicted molar refractivity (Wildman–Crippen MR) is 118 cm³/mol. The fraction of sp³-hybridized carbons (Fsp3) is 0.217. The predicted octanol–water partition coefficient (Wildman–Crippen LogP) is 4.38. The molecule has 2 aromatic carbocycles. The molecule has 1 heterocycles. The van der Waals surface area contributed by atoms with Crippen molar-refractivity contribution in [1.29, 1.82) is 0 Å². The Bertz CT molecular complexity index is 1010. The van der Waals surface area contributed by atoms with Gasteiger partial charge in [0.1, 0.15) is 23.9 Å². The van der Waals surface area contributed by atoms with E-state index in [4.69, 9.17) is 14.2 Å². The Morgan fingerprint density at radius 3 is 2.53 bits per heavy atom. The number of carbonyl (C=O) groups is 1. The van der Waals surface area contributed by atoms with E-state index in [1.54, 1.807) is 37.7 Å². The van der Waals surface area contributed by atoms with Crippen LogP contribution < -0.4 is 19.5 Å². The lowest BCUT2D eigenvalue weighted by Gasteiger charge is -2.09. The lowest BCUT2D eigenvalue weighted by molar-refractivity contribution is -0.116. The molecule has 7 heteroatoms. The van der Waals surface area contributed by atoms with E-state index in [1.807, 2.05) is 48.7 Å². The molecule has 0 radical (unpaired) electrons. The van der Waals surface area contributed by atoms with Gasteiger partial charge in [0.2, 0.25) is 5.91 Å². The summed E-state index contributed by atoms with van der Waals surface area (Å²) in [7, 11) is 3.18. The Kier molecular flexibility index (Phi) is 7.45. The average molecular weight is 425 g/mol. The van der Waals surface area contributed by atoms with Crippen molar-refractivity contribution in [1.82, 2.24) is 10.3 Å². The van der Waals surface area contributed by atoms with Crippen molar-refractivity contribution in [3.05, 3.63) is 75.7 Å². The maximum atomic E-state index is 12.3. The third kappa shape index (κ3) is 6.09. The molecule has 1 N–H and O–H groups in total. The van der Waals surface area contributed by atoms with Gasteiger partial charge >= 0.3 is 0 Å². The summed E-state index contributed by atoms with van der Waals surface area (Å²) >= 11 is 1.59. The summed E-state index contributed by atoms with van der Waals surface area (Å²) in [5.74, 6) is 1.84. The maximum Gasteiger partial charge on any atom is 0.244 e. The lowest BCUT2D eigenvalue weighted by atomic mass is 10.1. The van der Waals surface area contributed by atoms with E-state index in [0.717, 1.165) is 21.8 Å². The average Bonchev–Trinajstić information content (AvgIpc) is 3.20. The third-order valence-corrected chi connectivity index (χ3v) is 5.08. The summed E-state index contributed by atoms with van der Waals surface area (Å²) in [4.78, 5) is 16.7. The highest BCUT2D eigenvalue weighted by Gasteiger charge is 2.05. The number of carbonyl (C=O) groups excluding carboxylic acids is 1. The van der Waals surface area contributed by atoms with E-state index in [9.17, 15) is 4.79 Å². The Morgan fingerprint density at radius 2 is 1.87 bits per heavy atom. The first kappa shape index (κ1) is 21.4. The fourth-order valence-corrected chi connectivity index (χ4v) is 3.36. The molecule has 30 heavy (non-hydrogen) atoms. The molecule has 156 valence electrons. The van der Waals surface area contributed by atoms with E-state index >= 15 is 0 Å². The minimum absolute atomic E-state index is 0.207. The fourth-order valence-electron chi connectivity index (χ4n) is 2.76. The molecular formula is C23H24N2O4S. The van der Waals surface area contributed by atoms with Gasteiger partial charge in [-0.25, -0.2) is 4.98 Å². The quantitative estimate of drug-likeness (QED) is 0.517. The van der Waals surface area contributed by atoms with Crippen LogP contribution in [0.1, 0.15) is 21.8 Å². The second-order valence-corrected chi connectivity index (χ2v) is 7.52. The number of methoxy groups -OCH3 is 2. The molecule has 0 aliphatic heterocycles. The van der Waals surface area contributed by atoms with Crippen molar-refractivity contribution >= 4 is 23.3 Å². The molecule has 0 bridgehead atoms. The lowest BCUT2D eigenvalue weighted by Crippen LogP contribution is -2.20. The van der Waals surface area contributed by atoms with E-state index < -0.39 is 0 Å². The second kappa shape index (κ2) is 10.5. The molecule has 0 fully saturated rings. The molecule has 0 atom stereocenters. The highest BCUT2D eigenvalue weighted by molar-refractivity contribution is 7.09. The number of hydrogen-bond acceptors (Lipinski definition) is 6. The molecule has 1 amide bonds. The van der Waals surface area contributed by atoms with Gasteiger partial charge in [-0.15, -0.1) is 11.3 Å². The second-order valence-electron chi connectivity index (χ2n) is 6.46. The molecule has 0 saturated heterocycles. The van der Waals surface area contributed by atoms with Crippen LogP contribution in [0.25, 0.3) is 6.08 Å². The normalized spacial score (nSPS) is 10.8. The number of amides is 1. The van der Waals surface area contributed by atoms with Crippen LogP contribution in [-0.2, 0) is 17.9 Å². The van der Waals surface area contributed by atoms with E-state index in [2.05, 4.69) is 10.3 Å². The monoisotopic (exact) mass is 424 g/mol. The van der Waals surface area contributed by atoms with Gasteiger partial charge in [-0.3, -0.25) is 4.79 Å². The van der Waals surface area contributed by atoms with Crippen LogP contribution >= 0.6 is 11.3 Å². The minimum Gasteiger partial charge on any atom is -0.497 e. The number of ether oxygens (including phenoxy) is 3. The number of thiazole rings is 1. The number of hydrogen-bond donors (Lipinski definition) is 1. The van der Waals surface area contributed by atoms with Crippen molar-refractivity contribution in [2.24, 2.45) is 0 Å². The van der Waals surface area contributed by atoms with Gasteiger partial charge in [0, 0.05) is 29.6 Å². The summed E-state index contributed by atoms with van der Waals surface area (Å²) in [6.45, 7) is 2.71. The van der Waals surface area contributed by atoms with Gasteiger partial charge in [0.05, 0.1) is 24.9 Å². The first-order valence-electron chi connectivity index (χ1n) is 9.38. The third-order valence-electron chi connectivity index (χ3n) is 4.25. The molecular weight excluding hydrogens is 400 g/mol. The van der Waals surface area contributed by atoms with Crippen molar-refractivity contribution < 1.29 is 19.0 Å². The number of aryl methyl sites for hydroxylation is 1. The van der Waals surface area contributed by atoms with Crippen molar-refractivity contribution in [2.75, 3.05) is 14.2 Å². The van der Waals surface area contributed by atoms with Gasteiger partial charge < -0.3 is 19.5 Å². The van der Waals surface area contributed by atoms with Crippen molar-refractivity contribution in [3.63, 3.8) is 0 Å². The Morgan fingerprint density at radius 1 is 1.13 bits per heavy atom. The number of para-hydroxylation sites is 1. The van der Waals surface area contributed by atoms with Crippen LogP contribution in [0.15, 0.2) is 53.9 Å². The zero-order valence-electron chi connectivity index (χ0n) is 17.2. The Hall–Kier alpha value is -3.32. The zero-order valence-corrected chi connectivity index (χ0v) is 18.0. The summed E-state index contributed by atoms with van der Waals surface area (Å²) in [6.07, 6.45) is 3.23. The summed E-state index contributed by atoms with van der Waals surface area (Å²) < 4.78 is 16.4. The molecule has 3 aromatic rings. The molecule has 0 aliphatic rings. The van der Waals surface area contributed by atoms with Crippen molar-refractivity contribution in [2.45, 2.75) is 20.1 Å². The van der Waals surface area contributed by atoms with Crippen LogP contribution in [0.3, 0.4) is 0 Å². The van der Waals surface area contributed by atoms with Gasteiger partial charge in [0.25, 0.3) is 0 Å². The molecule has 1 aromatic heterocycles. The van der Waals surface area contributed by atoms with E-state index in [0.29, 0.717) is 30.4 Å². The van der Waals surface area contributed by atoms with E-state index in [1.165, 1.54) is 6.08 Å². The molecule has 3 rings (SSSR count). The molecule has 6 nitrogen and oxygen atoms in total. The van der Waals surface area contributed by atoms with E-state index in [-0.39, 0.29) is 5.91 Å². The topological polar surface area (TPSA) is 69.7 Å². The smallest absolute Gasteiger partial charge is 0.244 e. The zero-order chi connectivity index (χ0) is 21.3.